The number of benzene rings is 2. The van der Waals surface area contributed by atoms with Crippen molar-refractivity contribution >= 4 is 33.3 Å². The van der Waals surface area contributed by atoms with Crippen LogP contribution in [0.25, 0.3) is 21.8 Å². The van der Waals surface area contributed by atoms with Gasteiger partial charge in [0.15, 0.2) is 0 Å². The Bertz CT molecular complexity index is 1220. The normalized spacial score (nSPS) is 11.1. The van der Waals surface area contributed by atoms with Gasteiger partial charge in [-0.2, -0.15) is 0 Å². The van der Waals surface area contributed by atoms with Crippen molar-refractivity contribution < 1.29 is 0 Å². The zero-order valence-corrected chi connectivity index (χ0v) is 14.6. The molecule has 0 saturated heterocycles. The monoisotopic (exact) mass is 351 g/mol. The lowest BCUT2D eigenvalue weighted by molar-refractivity contribution is 0.807. The molecule has 1 N–H and O–H groups in total. The lowest BCUT2D eigenvalue weighted by Gasteiger charge is -2.09. The number of hydrogen-bond acceptors (Lipinski definition) is 4. The second-order valence-electron chi connectivity index (χ2n) is 6.40. The van der Waals surface area contributed by atoms with Crippen molar-refractivity contribution in [1.29, 1.82) is 0 Å². The lowest BCUT2D eigenvalue weighted by atomic mass is 10.2. The van der Waals surface area contributed by atoms with Crippen LogP contribution in [-0.2, 0) is 6.54 Å². The molecule has 5 aromatic rings. The van der Waals surface area contributed by atoms with Gasteiger partial charge in [-0.25, -0.2) is 9.97 Å². The van der Waals surface area contributed by atoms with E-state index in [1.54, 1.807) is 6.33 Å². The number of pyridine rings is 1. The standard InChI is InChI=1S/C22H17N5/c1-2-7-20-19(6-1)22(25-15-24-20)26-17-8-9-21-16(13-17)10-12-27(21)14-18-5-3-4-11-23-18/h1-13,15H,14H2,(H,24,25,26). The van der Waals surface area contributed by atoms with Gasteiger partial charge in [-0.1, -0.05) is 18.2 Å². The summed E-state index contributed by atoms with van der Waals surface area (Å²) in [6.07, 6.45) is 5.52. The Labute approximate surface area is 156 Å². The summed E-state index contributed by atoms with van der Waals surface area (Å²) >= 11 is 0. The van der Waals surface area contributed by atoms with Crippen LogP contribution in [0.15, 0.2) is 85.5 Å². The zero-order valence-electron chi connectivity index (χ0n) is 14.6. The summed E-state index contributed by atoms with van der Waals surface area (Å²) in [6.45, 7) is 0.758. The van der Waals surface area contributed by atoms with Gasteiger partial charge in [0.1, 0.15) is 12.1 Å². The largest absolute Gasteiger partial charge is 0.341 e. The summed E-state index contributed by atoms with van der Waals surface area (Å²) in [5.74, 6) is 0.813. The molecule has 0 aliphatic carbocycles. The van der Waals surface area contributed by atoms with E-state index in [1.807, 2.05) is 48.7 Å². The Morgan fingerprint density at radius 3 is 2.70 bits per heavy atom. The molecule has 27 heavy (non-hydrogen) atoms. The number of anilines is 2. The van der Waals surface area contributed by atoms with Gasteiger partial charge < -0.3 is 9.88 Å². The van der Waals surface area contributed by atoms with Crippen LogP contribution in [0, 0.1) is 0 Å². The van der Waals surface area contributed by atoms with Crippen LogP contribution >= 0.6 is 0 Å². The van der Waals surface area contributed by atoms with E-state index >= 15 is 0 Å². The fraction of sp³-hybridized carbons (Fsp3) is 0.0455. The van der Waals surface area contributed by atoms with Crippen molar-refractivity contribution in [3.8, 4) is 0 Å². The zero-order chi connectivity index (χ0) is 18.1. The first-order chi connectivity index (χ1) is 13.4. The third kappa shape index (κ3) is 3.00. The molecule has 0 aliphatic heterocycles. The Kier molecular flexibility index (Phi) is 3.76. The number of aromatic nitrogens is 4. The topological polar surface area (TPSA) is 55.6 Å². The first kappa shape index (κ1) is 15.5. The van der Waals surface area contributed by atoms with E-state index in [0.29, 0.717) is 0 Å². The van der Waals surface area contributed by atoms with Gasteiger partial charge in [-0.05, 0) is 48.5 Å². The third-order valence-corrected chi connectivity index (χ3v) is 4.64. The molecule has 5 heteroatoms. The Hall–Kier alpha value is -3.73. The molecule has 0 bridgehead atoms. The molecule has 0 unspecified atom stereocenters. The predicted molar refractivity (Wildman–Crippen MR) is 108 cm³/mol. The number of fused-ring (bicyclic) bond motifs is 2. The fourth-order valence-corrected chi connectivity index (χ4v) is 3.32. The first-order valence-corrected chi connectivity index (χ1v) is 8.82. The van der Waals surface area contributed by atoms with Crippen molar-refractivity contribution in [2.24, 2.45) is 0 Å². The summed E-state index contributed by atoms with van der Waals surface area (Å²) in [5.41, 5.74) is 4.16. The van der Waals surface area contributed by atoms with Crippen molar-refractivity contribution in [2.45, 2.75) is 6.54 Å². The smallest absolute Gasteiger partial charge is 0.141 e. The molecule has 3 aromatic heterocycles. The number of para-hydroxylation sites is 1. The molecular weight excluding hydrogens is 334 g/mol. The summed E-state index contributed by atoms with van der Waals surface area (Å²) in [5, 5.41) is 5.61. The van der Waals surface area contributed by atoms with Gasteiger partial charge in [-0.3, -0.25) is 4.98 Å². The molecule has 0 atom stereocenters. The van der Waals surface area contributed by atoms with Crippen LogP contribution in [0.5, 0.6) is 0 Å². The molecule has 0 spiro atoms. The molecule has 130 valence electrons. The van der Waals surface area contributed by atoms with Crippen LogP contribution in [0.1, 0.15) is 5.69 Å². The maximum atomic E-state index is 4.42. The Balaban J connectivity index is 1.47. The molecule has 3 heterocycles. The van der Waals surface area contributed by atoms with Crippen molar-refractivity contribution in [3.05, 3.63) is 91.1 Å². The van der Waals surface area contributed by atoms with Gasteiger partial charge >= 0.3 is 0 Å². The number of hydrogen-bond donors (Lipinski definition) is 1. The number of nitrogens with zero attached hydrogens (tertiary/aromatic N) is 4. The van der Waals surface area contributed by atoms with Crippen molar-refractivity contribution in [2.75, 3.05) is 5.32 Å². The van der Waals surface area contributed by atoms with Gasteiger partial charge in [0.2, 0.25) is 0 Å². The molecular formula is C22H17N5. The number of nitrogens with one attached hydrogen (secondary N) is 1. The minimum Gasteiger partial charge on any atom is -0.341 e. The highest BCUT2D eigenvalue weighted by atomic mass is 15.0. The highest BCUT2D eigenvalue weighted by Crippen LogP contribution is 2.26. The quantitative estimate of drug-likeness (QED) is 0.507. The van der Waals surface area contributed by atoms with E-state index in [-0.39, 0.29) is 0 Å². The second kappa shape index (κ2) is 6.53. The molecule has 0 radical (unpaired) electrons. The minimum atomic E-state index is 0.758. The summed E-state index contributed by atoms with van der Waals surface area (Å²) < 4.78 is 2.21. The van der Waals surface area contributed by atoms with E-state index in [4.69, 9.17) is 0 Å². The maximum Gasteiger partial charge on any atom is 0.141 e. The Morgan fingerprint density at radius 1 is 0.852 bits per heavy atom. The summed E-state index contributed by atoms with van der Waals surface area (Å²) in [4.78, 5) is 13.1. The van der Waals surface area contributed by atoms with Gasteiger partial charge in [0, 0.05) is 34.4 Å². The summed E-state index contributed by atoms with van der Waals surface area (Å²) in [7, 11) is 0. The molecule has 5 nitrogen and oxygen atoms in total. The average molecular weight is 351 g/mol. The average Bonchev–Trinajstić information content (AvgIpc) is 3.11. The van der Waals surface area contributed by atoms with Crippen molar-refractivity contribution in [3.63, 3.8) is 0 Å². The van der Waals surface area contributed by atoms with Crippen LogP contribution in [0.2, 0.25) is 0 Å². The van der Waals surface area contributed by atoms with E-state index < -0.39 is 0 Å². The number of rotatable bonds is 4. The summed E-state index contributed by atoms with van der Waals surface area (Å²) in [6, 6.07) is 22.5. The maximum absolute atomic E-state index is 4.42. The van der Waals surface area contributed by atoms with Crippen LogP contribution in [0.4, 0.5) is 11.5 Å². The van der Waals surface area contributed by atoms with E-state index in [1.165, 1.54) is 10.9 Å². The van der Waals surface area contributed by atoms with Crippen molar-refractivity contribution in [1.82, 2.24) is 19.5 Å². The molecule has 0 aliphatic rings. The van der Waals surface area contributed by atoms with Crippen LogP contribution in [0.3, 0.4) is 0 Å². The molecule has 0 saturated carbocycles. The predicted octanol–water partition coefficient (Wildman–Crippen LogP) is 4.77. The molecule has 2 aromatic carbocycles. The second-order valence-corrected chi connectivity index (χ2v) is 6.40. The van der Waals surface area contributed by atoms with E-state index in [2.05, 4.69) is 55.3 Å². The highest BCUT2D eigenvalue weighted by Gasteiger charge is 2.06. The van der Waals surface area contributed by atoms with Gasteiger partial charge in [-0.15, -0.1) is 0 Å². The van der Waals surface area contributed by atoms with E-state index in [9.17, 15) is 0 Å². The SMILES string of the molecule is c1ccc(Cn2ccc3cc(Nc4ncnc5ccccc45)ccc32)nc1. The third-order valence-electron chi connectivity index (χ3n) is 4.64. The minimum absolute atomic E-state index is 0.758. The fourth-order valence-electron chi connectivity index (χ4n) is 3.32. The van der Waals surface area contributed by atoms with E-state index in [0.717, 1.165) is 34.6 Å². The van der Waals surface area contributed by atoms with Gasteiger partial charge in [0.25, 0.3) is 0 Å². The lowest BCUT2D eigenvalue weighted by Crippen LogP contribution is -2.00. The molecule has 0 fully saturated rings. The highest BCUT2D eigenvalue weighted by molar-refractivity contribution is 5.92. The van der Waals surface area contributed by atoms with Crippen LogP contribution < -0.4 is 5.32 Å². The molecule has 0 amide bonds. The first-order valence-electron chi connectivity index (χ1n) is 8.82. The molecule has 5 rings (SSSR count). The Morgan fingerprint density at radius 2 is 1.78 bits per heavy atom. The van der Waals surface area contributed by atoms with Gasteiger partial charge in [0.05, 0.1) is 17.8 Å². The van der Waals surface area contributed by atoms with Crippen LogP contribution in [-0.4, -0.2) is 19.5 Å².